The lowest BCUT2D eigenvalue weighted by atomic mass is 9.33. The molecule has 2 aliphatic heterocycles. The van der Waals surface area contributed by atoms with E-state index in [9.17, 15) is 0 Å². The van der Waals surface area contributed by atoms with E-state index in [4.69, 9.17) is 4.42 Å². The lowest BCUT2D eigenvalue weighted by Crippen LogP contribution is -2.61. The normalized spacial score (nSPS) is 12.7. The van der Waals surface area contributed by atoms with E-state index in [1.807, 2.05) is 0 Å². The molecule has 2 aliphatic rings. The second-order valence-electron chi connectivity index (χ2n) is 23.9. The van der Waals surface area contributed by atoms with E-state index in [-0.39, 0.29) is 6.71 Å². The van der Waals surface area contributed by atoms with Crippen molar-refractivity contribution in [1.82, 2.24) is 0 Å². The number of anilines is 9. The van der Waals surface area contributed by atoms with E-state index in [0.717, 1.165) is 84.3 Å². The molecule has 0 unspecified atom stereocenters. The first-order valence-corrected chi connectivity index (χ1v) is 30.8. The monoisotopic (exact) mass is 1130 g/mol. The van der Waals surface area contributed by atoms with Crippen molar-refractivity contribution in [2.75, 3.05) is 14.7 Å². The van der Waals surface area contributed by atoms with Crippen LogP contribution in [0.25, 0.3) is 109 Å². The van der Waals surface area contributed by atoms with E-state index in [0.29, 0.717) is 0 Å². The van der Waals surface area contributed by atoms with Gasteiger partial charge in [0.25, 0.3) is 6.71 Å². The molecule has 5 heteroatoms. The molecule has 0 saturated heterocycles. The quantitative estimate of drug-likeness (QED) is 0.117. The third kappa shape index (κ3) is 7.55. The maximum atomic E-state index is 6.73. The van der Waals surface area contributed by atoms with Crippen LogP contribution in [0.4, 0.5) is 51.2 Å². The number of rotatable bonds is 7. The van der Waals surface area contributed by atoms with Crippen molar-refractivity contribution in [3.8, 4) is 22.3 Å². The van der Waals surface area contributed by atoms with Crippen LogP contribution in [0.15, 0.2) is 320 Å². The summed E-state index contributed by atoms with van der Waals surface area (Å²) >= 11 is 0. The second-order valence-corrected chi connectivity index (χ2v) is 23.9. The molecule has 1 aromatic heterocycles. The minimum absolute atomic E-state index is 0.181. The number of hydrogen-bond donors (Lipinski definition) is 0. The van der Waals surface area contributed by atoms with Crippen molar-refractivity contribution in [2.24, 2.45) is 0 Å². The van der Waals surface area contributed by atoms with Gasteiger partial charge in [-0.05, 0) is 200 Å². The largest absolute Gasteiger partial charge is 0.456 e. The zero-order valence-corrected chi connectivity index (χ0v) is 48.3. The molecular formula is C84H52BN3O. The van der Waals surface area contributed by atoms with Gasteiger partial charge >= 0.3 is 0 Å². The van der Waals surface area contributed by atoms with Crippen LogP contribution in [0.1, 0.15) is 0 Å². The van der Waals surface area contributed by atoms with Crippen molar-refractivity contribution >= 4 is 161 Å². The number of benzene rings is 16. The first-order valence-electron chi connectivity index (χ1n) is 30.8. The molecule has 0 radical (unpaired) electrons. The molecule has 16 aromatic carbocycles. The van der Waals surface area contributed by atoms with E-state index >= 15 is 0 Å². The summed E-state index contributed by atoms with van der Waals surface area (Å²) in [5.41, 5.74) is 19.9. The molecule has 3 heterocycles. The van der Waals surface area contributed by atoms with Crippen LogP contribution >= 0.6 is 0 Å². The summed E-state index contributed by atoms with van der Waals surface area (Å²) in [5, 5.41) is 17.1. The summed E-state index contributed by atoms with van der Waals surface area (Å²) in [6.07, 6.45) is 0. The zero-order valence-electron chi connectivity index (χ0n) is 48.3. The minimum atomic E-state index is -0.181. The van der Waals surface area contributed by atoms with Crippen LogP contribution in [0, 0.1) is 0 Å². The smallest absolute Gasteiger partial charge is 0.252 e. The van der Waals surface area contributed by atoms with E-state index in [2.05, 4.69) is 330 Å². The van der Waals surface area contributed by atoms with E-state index in [1.54, 1.807) is 0 Å². The summed E-state index contributed by atoms with van der Waals surface area (Å²) in [4.78, 5) is 7.57. The molecule has 0 atom stereocenters. The highest BCUT2D eigenvalue weighted by Gasteiger charge is 2.44. The van der Waals surface area contributed by atoms with Crippen LogP contribution in [0.2, 0.25) is 0 Å². The van der Waals surface area contributed by atoms with Gasteiger partial charge in [0.15, 0.2) is 0 Å². The molecule has 0 N–H and O–H groups in total. The zero-order chi connectivity index (χ0) is 58.3. The molecule has 0 bridgehead atoms. The number of furan rings is 1. The third-order valence-electron chi connectivity index (χ3n) is 19.1. The fourth-order valence-corrected chi connectivity index (χ4v) is 15.2. The van der Waals surface area contributed by atoms with Gasteiger partial charge in [-0.2, -0.15) is 0 Å². The number of nitrogens with zero attached hydrogens (tertiary/aromatic N) is 3. The van der Waals surface area contributed by atoms with E-state index < -0.39 is 0 Å². The summed E-state index contributed by atoms with van der Waals surface area (Å²) < 4.78 is 6.73. The maximum absolute atomic E-state index is 6.73. The standard InChI is InChI=1S/C84H52BN3O/c1-4-20-53(21-5-1)54-37-45-78-77(46-54)85-76-44-40-61(86(57-22-6-2-7-23-57)58-24-8-3-9-25-58)52-79(76)88(60-39-43-71-67-31-13-11-27-63(67)65-29-15-17-33-69(65)75(71)51-60)81-48-56(55-36-41-73-72-34-18-19-35-82(72)89-83(73)49-55)47-80(84(81)85)87(78)59-38-42-70-66-30-12-10-26-62(66)64-28-14-16-32-68(64)74(70)50-59/h1-52H. The first kappa shape index (κ1) is 49.6. The average Bonchev–Trinajstić information content (AvgIpc) is 1.16. The van der Waals surface area contributed by atoms with Crippen LogP contribution in [0.3, 0.4) is 0 Å². The van der Waals surface area contributed by atoms with Crippen molar-refractivity contribution in [3.05, 3.63) is 315 Å². The van der Waals surface area contributed by atoms with Gasteiger partial charge in [0.05, 0.1) is 0 Å². The Morgan fingerprint density at radius 1 is 0.236 bits per heavy atom. The Morgan fingerprint density at radius 2 is 0.663 bits per heavy atom. The van der Waals surface area contributed by atoms with Crippen molar-refractivity contribution in [1.29, 1.82) is 0 Å². The minimum Gasteiger partial charge on any atom is -0.456 e. The molecule has 17 aromatic rings. The Morgan fingerprint density at radius 3 is 1.21 bits per heavy atom. The van der Waals surface area contributed by atoms with Crippen molar-refractivity contribution in [2.45, 2.75) is 0 Å². The van der Waals surface area contributed by atoms with Gasteiger partial charge in [-0.1, -0.05) is 218 Å². The van der Waals surface area contributed by atoms with Crippen LogP contribution in [-0.2, 0) is 0 Å². The Hall–Kier alpha value is -11.7. The second kappa shape index (κ2) is 19.4. The van der Waals surface area contributed by atoms with Gasteiger partial charge in [-0.25, -0.2) is 0 Å². The topological polar surface area (TPSA) is 22.9 Å². The highest BCUT2D eigenvalue weighted by Crippen LogP contribution is 2.51. The highest BCUT2D eigenvalue weighted by atomic mass is 16.3. The van der Waals surface area contributed by atoms with Gasteiger partial charge in [0.2, 0.25) is 0 Å². The highest BCUT2D eigenvalue weighted by molar-refractivity contribution is 7.00. The van der Waals surface area contributed by atoms with Gasteiger partial charge in [0, 0.05) is 62.0 Å². The van der Waals surface area contributed by atoms with Crippen LogP contribution in [-0.4, -0.2) is 6.71 Å². The maximum Gasteiger partial charge on any atom is 0.252 e. The predicted molar refractivity (Wildman–Crippen MR) is 378 cm³/mol. The molecule has 0 aliphatic carbocycles. The molecular weight excluding hydrogens is 1080 g/mol. The lowest BCUT2D eigenvalue weighted by molar-refractivity contribution is 0.669. The van der Waals surface area contributed by atoms with Crippen LogP contribution < -0.4 is 31.1 Å². The fourth-order valence-electron chi connectivity index (χ4n) is 15.2. The molecule has 0 amide bonds. The van der Waals surface area contributed by atoms with E-state index in [1.165, 1.54) is 92.2 Å². The predicted octanol–water partition coefficient (Wildman–Crippen LogP) is 21.4. The van der Waals surface area contributed by atoms with Gasteiger partial charge in [-0.15, -0.1) is 0 Å². The Balaban J connectivity index is 0.947. The molecule has 0 fully saturated rings. The Labute approximate surface area is 514 Å². The van der Waals surface area contributed by atoms with Gasteiger partial charge in [-0.3, -0.25) is 0 Å². The first-order chi connectivity index (χ1) is 44.1. The number of fused-ring (bicyclic) bond motifs is 19. The lowest BCUT2D eigenvalue weighted by Gasteiger charge is -2.45. The van der Waals surface area contributed by atoms with Crippen molar-refractivity contribution < 1.29 is 4.42 Å². The van der Waals surface area contributed by atoms with Gasteiger partial charge in [0.1, 0.15) is 11.2 Å². The molecule has 0 spiro atoms. The Kier molecular flexibility index (Phi) is 10.8. The van der Waals surface area contributed by atoms with Gasteiger partial charge < -0.3 is 19.1 Å². The molecule has 0 saturated carbocycles. The Bertz CT molecular complexity index is 5670. The molecule has 89 heavy (non-hydrogen) atoms. The average molecular weight is 1130 g/mol. The number of hydrogen-bond acceptors (Lipinski definition) is 4. The molecule has 19 rings (SSSR count). The summed E-state index contributed by atoms with van der Waals surface area (Å²) in [6.45, 7) is -0.181. The number of para-hydroxylation sites is 3. The van der Waals surface area contributed by atoms with Crippen molar-refractivity contribution in [3.63, 3.8) is 0 Å². The molecule has 412 valence electrons. The summed E-state index contributed by atoms with van der Waals surface area (Å²) in [5.74, 6) is 0. The fraction of sp³-hybridized carbons (Fsp3) is 0. The third-order valence-corrected chi connectivity index (χ3v) is 19.1. The molecule has 4 nitrogen and oxygen atoms in total. The van der Waals surface area contributed by atoms with Crippen LogP contribution in [0.5, 0.6) is 0 Å². The summed E-state index contributed by atoms with van der Waals surface area (Å²) in [7, 11) is 0. The SMILES string of the molecule is c1ccc(-c2ccc3c(c2)B2c4ccc(N(c5ccccc5)c5ccccc5)cc4N(c4ccc5c6ccccc6c6ccccc6c5c4)c4cc(-c5ccc6c(c5)oc5ccccc56)cc(c42)N3c2ccc3c4ccccc4c4ccccc4c3c2)cc1. The summed E-state index contributed by atoms with van der Waals surface area (Å²) in [6, 6.07) is 117.